The molecule has 0 saturated carbocycles. The Morgan fingerprint density at radius 3 is 2.56 bits per heavy atom. The molecule has 2 aromatic rings. The number of nitro groups is 1. The summed E-state index contributed by atoms with van der Waals surface area (Å²) in [6.07, 6.45) is 0. The van der Waals surface area contributed by atoms with Crippen molar-refractivity contribution in [2.75, 3.05) is 11.9 Å². The third-order valence-corrected chi connectivity index (χ3v) is 3.69. The molecule has 1 atom stereocenters. The number of non-ortho nitro benzene ring substituents is 1. The molecule has 132 valence electrons. The van der Waals surface area contributed by atoms with Crippen LogP contribution in [0.4, 0.5) is 20.2 Å². The van der Waals surface area contributed by atoms with Crippen LogP contribution in [0.2, 0.25) is 0 Å². The highest BCUT2D eigenvalue weighted by Gasteiger charge is 2.14. The van der Waals surface area contributed by atoms with E-state index in [-0.39, 0.29) is 23.7 Å². The van der Waals surface area contributed by atoms with E-state index in [1.54, 1.807) is 13.8 Å². The van der Waals surface area contributed by atoms with Gasteiger partial charge in [-0.2, -0.15) is 0 Å². The van der Waals surface area contributed by atoms with Gasteiger partial charge in [0.25, 0.3) is 5.69 Å². The van der Waals surface area contributed by atoms with Gasteiger partial charge in [0.05, 0.1) is 11.5 Å². The van der Waals surface area contributed by atoms with E-state index in [0.29, 0.717) is 11.3 Å². The van der Waals surface area contributed by atoms with Gasteiger partial charge in [-0.3, -0.25) is 14.9 Å². The van der Waals surface area contributed by atoms with Crippen LogP contribution in [0.1, 0.15) is 24.1 Å². The Labute approximate surface area is 143 Å². The molecule has 2 rings (SSSR count). The predicted octanol–water partition coefficient (Wildman–Crippen LogP) is 3.47. The van der Waals surface area contributed by atoms with Gasteiger partial charge in [0.1, 0.15) is 11.6 Å². The number of amides is 1. The molecule has 0 aliphatic carbocycles. The van der Waals surface area contributed by atoms with Gasteiger partial charge in [-0.05, 0) is 31.5 Å². The van der Waals surface area contributed by atoms with Crippen LogP contribution < -0.4 is 10.6 Å². The lowest BCUT2D eigenvalue weighted by atomic mass is 10.1. The first kappa shape index (κ1) is 18.5. The highest BCUT2D eigenvalue weighted by atomic mass is 19.1. The molecule has 25 heavy (non-hydrogen) atoms. The predicted molar refractivity (Wildman–Crippen MR) is 89.2 cm³/mol. The number of nitrogens with zero attached hydrogens (tertiary/aromatic N) is 1. The lowest BCUT2D eigenvalue weighted by Crippen LogP contribution is -2.30. The number of nitrogens with one attached hydrogen (secondary N) is 2. The Hall–Kier alpha value is -2.87. The molecule has 6 nitrogen and oxygen atoms in total. The maximum atomic E-state index is 13.7. The number of hydrogen-bond donors (Lipinski definition) is 2. The zero-order chi connectivity index (χ0) is 18.6. The molecule has 0 aliphatic rings. The van der Waals surface area contributed by atoms with Gasteiger partial charge in [-0.15, -0.1) is 0 Å². The van der Waals surface area contributed by atoms with E-state index in [4.69, 9.17) is 0 Å². The van der Waals surface area contributed by atoms with Crippen LogP contribution in [-0.2, 0) is 4.79 Å². The smallest absolute Gasteiger partial charge is 0.269 e. The lowest BCUT2D eigenvalue weighted by molar-refractivity contribution is -0.384. The summed E-state index contributed by atoms with van der Waals surface area (Å²) in [6.45, 7) is 3.20. The van der Waals surface area contributed by atoms with Crippen LogP contribution in [0, 0.1) is 28.7 Å². The van der Waals surface area contributed by atoms with Crippen molar-refractivity contribution >= 4 is 17.3 Å². The summed E-state index contributed by atoms with van der Waals surface area (Å²) in [5, 5.41) is 16.2. The molecule has 0 bridgehead atoms. The minimum atomic E-state index is -0.688. The summed E-state index contributed by atoms with van der Waals surface area (Å²) in [5.74, 6) is -1.74. The number of rotatable bonds is 6. The van der Waals surface area contributed by atoms with E-state index in [2.05, 4.69) is 10.6 Å². The highest BCUT2D eigenvalue weighted by Crippen LogP contribution is 2.21. The Morgan fingerprint density at radius 1 is 1.24 bits per heavy atom. The summed E-state index contributed by atoms with van der Waals surface area (Å²) in [5.41, 5.74) is 1.20. The van der Waals surface area contributed by atoms with Crippen LogP contribution >= 0.6 is 0 Å². The van der Waals surface area contributed by atoms with Gasteiger partial charge in [-0.25, -0.2) is 8.78 Å². The summed E-state index contributed by atoms with van der Waals surface area (Å²) < 4.78 is 26.6. The monoisotopic (exact) mass is 349 g/mol. The number of nitro benzene ring substituents is 1. The molecule has 0 aliphatic heterocycles. The largest absolute Gasteiger partial charge is 0.325 e. The van der Waals surface area contributed by atoms with Crippen LogP contribution in [0.25, 0.3) is 0 Å². The molecule has 8 heteroatoms. The zero-order valence-corrected chi connectivity index (χ0v) is 13.7. The number of halogens is 2. The van der Waals surface area contributed by atoms with E-state index in [1.165, 1.54) is 24.3 Å². The number of anilines is 1. The second-order valence-electron chi connectivity index (χ2n) is 5.57. The maximum Gasteiger partial charge on any atom is 0.269 e. The first-order valence-electron chi connectivity index (χ1n) is 7.51. The van der Waals surface area contributed by atoms with Gasteiger partial charge in [0, 0.05) is 35.5 Å². The highest BCUT2D eigenvalue weighted by molar-refractivity contribution is 5.93. The summed E-state index contributed by atoms with van der Waals surface area (Å²) in [7, 11) is 0. The van der Waals surface area contributed by atoms with Crippen molar-refractivity contribution in [3.8, 4) is 0 Å². The van der Waals surface area contributed by atoms with Crippen LogP contribution in [-0.4, -0.2) is 17.4 Å². The molecule has 0 fully saturated rings. The molecule has 1 amide bonds. The molecule has 0 unspecified atom stereocenters. The van der Waals surface area contributed by atoms with Crippen molar-refractivity contribution in [3.05, 3.63) is 69.3 Å². The third kappa shape index (κ3) is 4.80. The zero-order valence-electron chi connectivity index (χ0n) is 13.7. The molecule has 0 spiro atoms. The third-order valence-electron chi connectivity index (χ3n) is 3.69. The van der Waals surface area contributed by atoms with E-state index < -0.39 is 22.6 Å². The van der Waals surface area contributed by atoms with Crippen molar-refractivity contribution in [2.45, 2.75) is 19.9 Å². The van der Waals surface area contributed by atoms with Gasteiger partial charge >= 0.3 is 0 Å². The van der Waals surface area contributed by atoms with Gasteiger partial charge in [-0.1, -0.05) is 6.07 Å². The Morgan fingerprint density at radius 2 is 1.96 bits per heavy atom. The van der Waals surface area contributed by atoms with Gasteiger partial charge in [0.2, 0.25) is 5.91 Å². The van der Waals surface area contributed by atoms with Crippen LogP contribution in [0.15, 0.2) is 36.4 Å². The standard InChI is InChI=1S/C17H17F2N3O3/c1-10-7-13(22(24)25)4-6-16(10)21-17(23)9-20-11(2)14-5-3-12(18)8-15(14)19/h3-8,11,20H,9H2,1-2H3,(H,21,23)/t11-/m0/s1. The molecule has 2 aromatic carbocycles. The minimum Gasteiger partial charge on any atom is -0.325 e. The summed E-state index contributed by atoms with van der Waals surface area (Å²) in [4.78, 5) is 22.2. The Kier molecular flexibility index (Phi) is 5.76. The fourth-order valence-electron chi connectivity index (χ4n) is 2.30. The van der Waals surface area contributed by atoms with Gasteiger partial charge in [0.15, 0.2) is 0 Å². The molecule has 0 heterocycles. The van der Waals surface area contributed by atoms with E-state index in [1.807, 2.05) is 0 Å². The number of carbonyl (C=O) groups is 1. The quantitative estimate of drug-likeness (QED) is 0.618. The number of hydrogen-bond acceptors (Lipinski definition) is 4. The maximum absolute atomic E-state index is 13.7. The van der Waals surface area contributed by atoms with Gasteiger partial charge < -0.3 is 10.6 Å². The second-order valence-corrected chi connectivity index (χ2v) is 5.57. The Bertz CT molecular complexity index is 812. The Balaban J connectivity index is 1.95. The van der Waals surface area contributed by atoms with Crippen molar-refractivity contribution in [1.82, 2.24) is 5.32 Å². The molecule has 2 N–H and O–H groups in total. The number of aryl methyl sites for hydroxylation is 1. The summed E-state index contributed by atoms with van der Waals surface area (Å²) >= 11 is 0. The number of benzene rings is 2. The average molecular weight is 349 g/mol. The molecule has 0 radical (unpaired) electrons. The van der Waals surface area contributed by atoms with Crippen LogP contribution in [0.5, 0.6) is 0 Å². The lowest BCUT2D eigenvalue weighted by Gasteiger charge is -2.15. The van der Waals surface area contributed by atoms with Crippen molar-refractivity contribution in [2.24, 2.45) is 0 Å². The molecular weight excluding hydrogens is 332 g/mol. The van der Waals surface area contributed by atoms with Crippen LogP contribution in [0.3, 0.4) is 0 Å². The topological polar surface area (TPSA) is 84.3 Å². The average Bonchev–Trinajstić information content (AvgIpc) is 2.54. The normalized spacial score (nSPS) is 11.8. The number of carbonyl (C=O) groups excluding carboxylic acids is 1. The molecule has 0 aromatic heterocycles. The molecular formula is C17H17F2N3O3. The van der Waals surface area contributed by atoms with E-state index >= 15 is 0 Å². The van der Waals surface area contributed by atoms with Crippen molar-refractivity contribution in [3.63, 3.8) is 0 Å². The minimum absolute atomic E-state index is 0.0611. The summed E-state index contributed by atoms with van der Waals surface area (Å²) in [6, 6.07) is 6.87. The second kappa shape index (κ2) is 7.80. The van der Waals surface area contributed by atoms with Crippen molar-refractivity contribution < 1.29 is 18.5 Å². The van der Waals surface area contributed by atoms with E-state index in [0.717, 1.165) is 12.1 Å². The fourth-order valence-corrected chi connectivity index (χ4v) is 2.30. The SMILES string of the molecule is Cc1cc([N+](=O)[O-])ccc1NC(=O)CN[C@@H](C)c1ccc(F)cc1F. The molecule has 0 saturated heterocycles. The fraction of sp³-hybridized carbons (Fsp3) is 0.235. The first-order valence-corrected chi connectivity index (χ1v) is 7.51. The van der Waals surface area contributed by atoms with E-state index in [9.17, 15) is 23.7 Å². The van der Waals surface area contributed by atoms with Crippen molar-refractivity contribution in [1.29, 1.82) is 0 Å². The first-order chi connectivity index (χ1) is 11.8.